The largest absolute Gasteiger partial charge is 0.451 e. The van der Waals surface area contributed by atoms with E-state index in [2.05, 4.69) is 4.98 Å². The molecule has 2 saturated heterocycles. The van der Waals surface area contributed by atoms with Crippen molar-refractivity contribution in [2.75, 3.05) is 6.61 Å². The Bertz CT molecular complexity index is 1150. The number of nitrogens with one attached hydrogen (secondary N) is 1. The molecule has 12 atom stereocenters. The number of aromatic amines is 1. The molecule has 1 aromatic heterocycles. The highest BCUT2D eigenvalue weighted by Crippen LogP contribution is 2.90. The van der Waals surface area contributed by atoms with Gasteiger partial charge in [0.05, 0.1) is 11.5 Å². The molecular weight excluding hydrogens is 474 g/mol. The van der Waals surface area contributed by atoms with Crippen LogP contribution in [0.15, 0.2) is 18.3 Å². The summed E-state index contributed by atoms with van der Waals surface area (Å²) >= 11 is 0. The van der Waals surface area contributed by atoms with E-state index in [-0.39, 0.29) is 12.1 Å². The van der Waals surface area contributed by atoms with Crippen LogP contribution in [0.1, 0.15) is 57.4 Å². The molecule has 1 aromatic rings. The summed E-state index contributed by atoms with van der Waals surface area (Å²) in [4.78, 5) is 15.9. The van der Waals surface area contributed by atoms with Gasteiger partial charge < -0.3 is 50.2 Å². The van der Waals surface area contributed by atoms with Crippen molar-refractivity contribution in [2.24, 2.45) is 22.7 Å². The molecule has 6 fully saturated rings. The number of H-pyrrole nitrogens is 1. The van der Waals surface area contributed by atoms with Crippen molar-refractivity contribution in [2.45, 2.75) is 93.0 Å². The molecule has 0 aromatic carbocycles. The van der Waals surface area contributed by atoms with Gasteiger partial charge in [-0.3, -0.25) is 0 Å². The average Bonchev–Trinajstić information content (AvgIpc) is 3.45. The van der Waals surface area contributed by atoms with Gasteiger partial charge in [-0.1, -0.05) is 20.8 Å². The fraction of sp³-hybridized carbons (Fsp3) is 0.800. The van der Waals surface area contributed by atoms with Crippen molar-refractivity contribution in [3.05, 3.63) is 24.0 Å². The number of ether oxygens (including phenoxy) is 2. The number of aliphatic hydroxyl groups excluding tert-OH is 2. The quantitative estimate of drug-likeness (QED) is 0.228. The predicted molar refractivity (Wildman–Crippen MR) is 120 cm³/mol. The zero-order valence-corrected chi connectivity index (χ0v) is 20.7. The van der Waals surface area contributed by atoms with E-state index in [1.54, 1.807) is 13.0 Å². The summed E-state index contributed by atoms with van der Waals surface area (Å²) in [6, 6.07) is 2.99. The van der Waals surface area contributed by atoms with Crippen LogP contribution in [-0.2, 0) is 9.47 Å². The monoisotopic (exact) mass is 509 g/mol. The maximum atomic E-state index is 13.2. The van der Waals surface area contributed by atoms with E-state index < -0.39 is 87.7 Å². The maximum Gasteiger partial charge on any atom is 0.355 e. The van der Waals surface area contributed by atoms with Crippen LogP contribution < -0.4 is 0 Å². The smallest absolute Gasteiger partial charge is 0.355 e. The molecule has 4 aliphatic carbocycles. The lowest BCUT2D eigenvalue weighted by Gasteiger charge is -2.60. The Morgan fingerprint density at radius 3 is 2.50 bits per heavy atom. The van der Waals surface area contributed by atoms with Crippen molar-refractivity contribution in [1.82, 2.24) is 4.98 Å². The lowest BCUT2D eigenvalue weighted by Crippen LogP contribution is -2.75. The molecule has 1 unspecified atom stereocenters. The number of rotatable bonds is 4. The van der Waals surface area contributed by atoms with Gasteiger partial charge in [-0.15, -0.1) is 0 Å². The third kappa shape index (κ3) is 1.80. The second-order valence-electron chi connectivity index (χ2n) is 12.3. The maximum absolute atomic E-state index is 13.2. The van der Waals surface area contributed by atoms with Crippen LogP contribution in [0, 0.1) is 22.7 Å². The molecule has 0 amide bonds. The highest BCUT2D eigenvalue weighted by Gasteiger charge is 3.10. The SMILES string of the molecule is CC(CO)[C@@]1(O)[C@@H](OC(=O)c2ccc[nH]2)[C@@]2(O)[C@@]3(C)C[C@]4(O)O[C@@]5([C@H](O)[C@@H](C)CC[C@]35O)[C@@]2(O)[C@]14C. The van der Waals surface area contributed by atoms with Gasteiger partial charge in [-0.2, -0.15) is 0 Å². The Morgan fingerprint density at radius 1 is 1.25 bits per heavy atom. The highest BCUT2D eigenvalue weighted by molar-refractivity contribution is 5.87. The fourth-order valence-electron chi connectivity index (χ4n) is 9.57. The Balaban J connectivity index is 1.69. The highest BCUT2D eigenvalue weighted by atomic mass is 16.7. The first kappa shape index (κ1) is 24.7. The van der Waals surface area contributed by atoms with Crippen molar-refractivity contribution < 1.29 is 50.0 Å². The van der Waals surface area contributed by atoms with E-state index in [0.717, 1.165) is 0 Å². The standard InChI is InChI=1S/C25H35NO10/c1-12-7-8-20(30)18(3)11-21(31)19(4)22(32,13(2)10-27)17(35-16(29)14-6-5-9-26-14)23(18,33)25(19,34)24(20,36-21)15(12)28/h5-6,9,12-13,15,17,26-28,30-34H,7-8,10-11H2,1-4H3/t12-,13?,15+,17+,18-,19-,20-,21-,22+,23+,24+,25+/m0/s1. The van der Waals surface area contributed by atoms with Crippen LogP contribution in [0.25, 0.3) is 0 Å². The summed E-state index contributed by atoms with van der Waals surface area (Å²) in [6.45, 7) is 5.25. The third-order valence-corrected chi connectivity index (χ3v) is 11.5. The summed E-state index contributed by atoms with van der Waals surface area (Å²) in [5.74, 6) is -4.97. The Hall–Kier alpha value is -1.57. The van der Waals surface area contributed by atoms with E-state index in [0.29, 0.717) is 6.42 Å². The van der Waals surface area contributed by atoms with Crippen molar-refractivity contribution in [1.29, 1.82) is 0 Å². The third-order valence-electron chi connectivity index (χ3n) is 11.5. The summed E-state index contributed by atoms with van der Waals surface area (Å²) in [6.07, 6.45) is -2.05. The molecule has 6 aliphatic rings. The van der Waals surface area contributed by atoms with Crippen LogP contribution in [0.4, 0.5) is 0 Å². The number of hydrogen-bond acceptors (Lipinski definition) is 10. The summed E-state index contributed by atoms with van der Waals surface area (Å²) in [7, 11) is 0. The zero-order valence-electron chi connectivity index (χ0n) is 20.7. The molecule has 7 rings (SSSR count). The zero-order chi connectivity index (χ0) is 26.5. The molecule has 11 nitrogen and oxygen atoms in total. The molecule has 11 heteroatoms. The molecule has 2 aliphatic heterocycles. The first-order valence-corrected chi connectivity index (χ1v) is 12.5. The van der Waals surface area contributed by atoms with Crippen LogP contribution in [0.2, 0.25) is 0 Å². The molecule has 0 radical (unpaired) electrons. The van der Waals surface area contributed by atoms with Crippen molar-refractivity contribution in [3.63, 3.8) is 0 Å². The lowest BCUT2D eigenvalue weighted by molar-refractivity contribution is -0.390. The van der Waals surface area contributed by atoms with E-state index in [4.69, 9.17) is 9.47 Å². The van der Waals surface area contributed by atoms with Gasteiger partial charge in [0.15, 0.2) is 17.5 Å². The first-order chi connectivity index (χ1) is 16.6. The number of esters is 1. The van der Waals surface area contributed by atoms with Crippen LogP contribution >= 0.6 is 0 Å². The number of hydrogen-bond donors (Lipinski definition) is 8. The van der Waals surface area contributed by atoms with Crippen molar-refractivity contribution in [3.8, 4) is 0 Å². The van der Waals surface area contributed by atoms with Crippen LogP contribution in [-0.4, -0.2) is 99.3 Å². The fourth-order valence-corrected chi connectivity index (χ4v) is 9.57. The molecular formula is C25H35NO10. The van der Waals surface area contributed by atoms with E-state index >= 15 is 0 Å². The molecule has 4 saturated carbocycles. The predicted octanol–water partition coefficient (Wildman–Crippen LogP) is -1.22. The minimum Gasteiger partial charge on any atom is -0.451 e. The topological polar surface area (TPSA) is 193 Å². The number of carbonyl (C=O) groups is 1. The molecule has 36 heavy (non-hydrogen) atoms. The molecule has 3 heterocycles. The number of carbonyl (C=O) groups excluding carboxylic acids is 1. The second kappa shape index (κ2) is 6.35. The Morgan fingerprint density at radius 2 is 1.92 bits per heavy atom. The van der Waals surface area contributed by atoms with Gasteiger partial charge in [0, 0.05) is 30.6 Å². The second-order valence-corrected chi connectivity index (χ2v) is 12.3. The molecule has 8 N–H and O–H groups in total. The van der Waals surface area contributed by atoms with Crippen LogP contribution in [0.5, 0.6) is 0 Å². The number of aliphatic hydroxyl groups is 7. The normalized spacial score (nSPS) is 59.2. The minimum atomic E-state index is -2.70. The molecule has 6 bridgehead atoms. The van der Waals surface area contributed by atoms with Gasteiger partial charge >= 0.3 is 5.97 Å². The van der Waals surface area contributed by atoms with E-state index in [1.807, 2.05) is 0 Å². The van der Waals surface area contributed by atoms with Crippen molar-refractivity contribution >= 4 is 5.97 Å². The summed E-state index contributed by atoms with van der Waals surface area (Å²) in [5.41, 5.74) is -16.1. The lowest BCUT2D eigenvalue weighted by atomic mass is 9.52. The minimum absolute atomic E-state index is 0.0109. The molecule has 1 spiro atoms. The molecule has 200 valence electrons. The van der Waals surface area contributed by atoms with Gasteiger partial charge in [-0.25, -0.2) is 4.79 Å². The Labute approximate surface area is 207 Å². The summed E-state index contributed by atoms with van der Waals surface area (Å²) in [5, 5.41) is 84.2. The van der Waals surface area contributed by atoms with Crippen LogP contribution in [0.3, 0.4) is 0 Å². The first-order valence-electron chi connectivity index (χ1n) is 12.5. The van der Waals surface area contributed by atoms with Gasteiger partial charge in [0.1, 0.15) is 28.1 Å². The van der Waals surface area contributed by atoms with Gasteiger partial charge in [0.25, 0.3) is 0 Å². The van der Waals surface area contributed by atoms with E-state index in [9.17, 15) is 40.5 Å². The Kier molecular flexibility index (Phi) is 4.36. The van der Waals surface area contributed by atoms with E-state index in [1.165, 1.54) is 33.0 Å². The number of aromatic nitrogens is 1. The van der Waals surface area contributed by atoms with Gasteiger partial charge in [-0.05, 0) is 37.8 Å². The summed E-state index contributed by atoms with van der Waals surface area (Å²) < 4.78 is 12.0. The van der Waals surface area contributed by atoms with Gasteiger partial charge in [0.2, 0.25) is 0 Å². The average molecular weight is 510 g/mol.